The van der Waals surface area contributed by atoms with E-state index in [1.165, 1.54) is 0 Å². The summed E-state index contributed by atoms with van der Waals surface area (Å²) in [5.74, 6) is -0.836. The Morgan fingerprint density at radius 2 is 2.38 bits per heavy atom. The van der Waals surface area contributed by atoms with Crippen molar-refractivity contribution in [1.29, 1.82) is 0 Å². The summed E-state index contributed by atoms with van der Waals surface area (Å²) < 4.78 is 0. The summed E-state index contributed by atoms with van der Waals surface area (Å²) >= 11 is 0. The second-order valence-electron chi connectivity index (χ2n) is 3.53. The third-order valence-electron chi connectivity index (χ3n) is 2.54. The summed E-state index contributed by atoms with van der Waals surface area (Å²) in [7, 11) is 0. The Morgan fingerprint density at radius 1 is 1.62 bits per heavy atom. The fourth-order valence-corrected chi connectivity index (χ4v) is 1.85. The topological polar surface area (TPSA) is 78.9 Å². The Morgan fingerprint density at radius 3 is 3.08 bits per heavy atom. The van der Waals surface area contributed by atoms with Crippen LogP contribution in [0.1, 0.15) is 30.7 Å². The molecule has 13 heavy (non-hydrogen) atoms. The summed E-state index contributed by atoms with van der Waals surface area (Å²) in [5, 5.41) is 19.3. The van der Waals surface area contributed by atoms with E-state index >= 15 is 0 Å². The standard InChI is InChI=1S/C8H11N3O2/c1-4-2-5(8(12)13)3-6-7(4)10-11-9-6/h4-5H,2-3H2,1H3,(H,12,13)(H,9,10,11). The SMILES string of the molecule is CC1CC(C(=O)O)Cc2n[nH]nc21. The Bertz CT molecular complexity index is 334. The number of carboxylic acid groups (broad SMARTS) is 1. The summed E-state index contributed by atoms with van der Waals surface area (Å²) in [6.07, 6.45) is 1.17. The average molecular weight is 181 g/mol. The largest absolute Gasteiger partial charge is 0.481 e. The number of carboxylic acids is 1. The Labute approximate surface area is 75.2 Å². The van der Waals surface area contributed by atoms with Gasteiger partial charge in [0.15, 0.2) is 0 Å². The van der Waals surface area contributed by atoms with Gasteiger partial charge in [-0.3, -0.25) is 4.79 Å². The molecule has 1 aliphatic carbocycles. The lowest BCUT2D eigenvalue weighted by Gasteiger charge is -2.21. The van der Waals surface area contributed by atoms with E-state index in [1.807, 2.05) is 6.92 Å². The molecule has 0 saturated heterocycles. The zero-order valence-electron chi connectivity index (χ0n) is 7.32. The fourth-order valence-electron chi connectivity index (χ4n) is 1.85. The molecule has 70 valence electrons. The van der Waals surface area contributed by atoms with Crippen molar-refractivity contribution in [2.75, 3.05) is 0 Å². The molecule has 0 amide bonds. The van der Waals surface area contributed by atoms with Crippen LogP contribution in [0.4, 0.5) is 0 Å². The normalized spacial score (nSPS) is 26.8. The average Bonchev–Trinajstić information content (AvgIpc) is 2.51. The number of carbonyl (C=O) groups is 1. The molecule has 2 rings (SSSR count). The molecule has 5 heteroatoms. The van der Waals surface area contributed by atoms with Crippen LogP contribution < -0.4 is 0 Å². The lowest BCUT2D eigenvalue weighted by molar-refractivity contribution is -0.142. The van der Waals surface area contributed by atoms with Crippen LogP contribution in [0.15, 0.2) is 0 Å². The Balaban J connectivity index is 2.28. The van der Waals surface area contributed by atoms with E-state index < -0.39 is 5.97 Å². The maximum Gasteiger partial charge on any atom is 0.306 e. The van der Waals surface area contributed by atoms with Crippen molar-refractivity contribution in [2.24, 2.45) is 5.92 Å². The highest BCUT2D eigenvalue weighted by Crippen LogP contribution is 2.31. The predicted molar refractivity (Wildman–Crippen MR) is 44.2 cm³/mol. The first-order valence-corrected chi connectivity index (χ1v) is 4.31. The van der Waals surface area contributed by atoms with Crippen molar-refractivity contribution >= 4 is 5.97 Å². The van der Waals surface area contributed by atoms with E-state index in [0.29, 0.717) is 12.8 Å². The predicted octanol–water partition coefficient (Wildman–Crippen LogP) is 0.555. The number of aromatic nitrogens is 3. The van der Waals surface area contributed by atoms with Crippen molar-refractivity contribution in [3.05, 3.63) is 11.4 Å². The zero-order valence-corrected chi connectivity index (χ0v) is 7.32. The van der Waals surface area contributed by atoms with E-state index in [1.54, 1.807) is 0 Å². The molecule has 1 aromatic heterocycles. The van der Waals surface area contributed by atoms with Gasteiger partial charge in [-0.2, -0.15) is 15.4 Å². The van der Waals surface area contributed by atoms with Gasteiger partial charge in [-0.1, -0.05) is 6.92 Å². The number of hydrogen-bond donors (Lipinski definition) is 2. The number of aliphatic carboxylic acids is 1. The highest BCUT2D eigenvalue weighted by Gasteiger charge is 2.31. The second-order valence-corrected chi connectivity index (χ2v) is 3.53. The van der Waals surface area contributed by atoms with Crippen LogP contribution in [0.5, 0.6) is 0 Å². The highest BCUT2D eigenvalue weighted by molar-refractivity contribution is 5.70. The van der Waals surface area contributed by atoms with Gasteiger partial charge in [0.25, 0.3) is 0 Å². The summed E-state index contributed by atoms with van der Waals surface area (Å²) in [5.41, 5.74) is 1.74. The summed E-state index contributed by atoms with van der Waals surface area (Å²) in [6, 6.07) is 0. The van der Waals surface area contributed by atoms with Gasteiger partial charge in [0.1, 0.15) is 0 Å². The van der Waals surface area contributed by atoms with Gasteiger partial charge in [-0.15, -0.1) is 0 Å². The number of H-pyrrole nitrogens is 1. The quantitative estimate of drug-likeness (QED) is 0.663. The van der Waals surface area contributed by atoms with Crippen LogP contribution >= 0.6 is 0 Å². The molecular weight excluding hydrogens is 170 g/mol. The van der Waals surface area contributed by atoms with Crippen molar-refractivity contribution in [3.8, 4) is 0 Å². The van der Waals surface area contributed by atoms with Gasteiger partial charge in [0, 0.05) is 12.3 Å². The molecule has 1 aromatic rings. The highest BCUT2D eigenvalue weighted by atomic mass is 16.4. The molecule has 0 radical (unpaired) electrons. The van der Waals surface area contributed by atoms with Gasteiger partial charge >= 0.3 is 5.97 Å². The van der Waals surface area contributed by atoms with Gasteiger partial charge in [0.05, 0.1) is 17.3 Å². The molecule has 0 aromatic carbocycles. The van der Waals surface area contributed by atoms with Crippen LogP contribution in [0.2, 0.25) is 0 Å². The number of fused-ring (bicyclic) bond motifs is 1. The third-order valence-corrected chi connectivity index (χ3v) is 2.54. The molecule has 2 unspecified atom stereocenters. The first kappa shape index (κ1) is 8.22. The molecule has 2 N–H and O–H groups in total. The van der Waals surface area contributed by atoms with E-state index in [0.717, 1.165) is 11.4 Å². The van der Waals surface area contributed by atoms with Crippen LogP contribution in [0, 0.1) is 5.92 Å². The molecule has 0 aliphatic heterocycles. The number of hydrogen-bond acceptors (Lipinski definition) is 3. The first-order valence-electron chi connectivity index (χ1n) is 4.31. The number of aromatic amines is 1. The lowest BCUT2D eigenvalue weighted by Crippen LogP contribution is -2.24. The van der Waals surface area contributed by atoms with E-state index in [9.17, 15) is 4.79 Å². The summed E-state index contributed by atoms with van der Waals surface area (Å²) in [4.78, 5) is 10.8. The van der Waals surface area contributed by atoms with Crippen LogP contribution in [-0.4, -0.2) is 26.5 Å². The minimum Gasteiger partial charge on any atom is -0.481 e. The maximum atomic E-state index is 10.8. The molecule has 0 bridgehead atoms. The minimum absolute atomic E-state index is 0.198. The molecule has 0 spiro atoms. The summed E-state index contributed by atoms with van der Waals surface area (Å²) in [6.45, 7) is 1.98. The van der Waals surface area contributed by atoms with Crippen molar-refractivity contribution in [3.63, 3.8) is 0 Å². The molecule has 1 heterocycles. The van der Waals surface area contributed by atoms with Gasteiger partial charge in [-0.25, -0.2) is 0 Å². The lowest BCUT2D eigenvalue weighted by atomic mass is 9.83. The number of rotatable bonds is 1. The van der Waals surface area contributed by atoms with Crippen molar-refractivity contribution < 1.29 is 9.90 Å². The third kappa shape index (κ3) is 1.30. The maximum absolute atomic E-state index is 10.8. The van der Waals surface area contributed by atoms with Crippen molar-refractivity contribution in [1.82, 2.24) is 15.4 Å². The monoisotopic (exact) mass is 181 g/mol. The number of nitrogens with one attached hydrogen (secondary N) is 1. The van der Waals surface area contributed by atoms with Gasteiger partial charge < -0.3 is 5.11 Å². The second kappa shape index (κ2) is 2.83. The molecule has 2 atom stereocenters. The molecular formula is C8H11N3O2. The minimum atomic E-state index is -0.736. The van der Waals surface area contributed by atoms with Crippen LogP contribution in [-0.2, 0) is 11.2 Å². The van der Waals surface area contributed by atoms with E-state index in [4.69, 9.17) is 5.11 Å². The molecule has 1 aliphatic rings. The fraction of sp³-hybridized carbons (Fsp3) is 0.625. The Kier molecular flexibility index (Phi) is 1.79. The molecule has 0 fully saturated rings. The van der Waals surface area contributed by atoms with Gasteiger partial charge in [-0.05, 0) is 6.42 Å². The Hall–Kier alpha value is -1.39. The zero-order chi connectivity index (χ0) is 9.42. The van der Waals surface area contributed by atoms with Crippen LogP contribution in [0.25, 0.3) is 0 Å². The number of nitrogens with zero attached hydrogens (tertiary/aromatic N) is 2. The van der Waals surface area contributed by atoms with Crippen LogP contribution in [0.3, 0.4) is 0 Å². The molecule has 5 nitrogen and oxygen atoms in total. The first-order chi connectivity index (χ1) is 6.18. The van der Waals surface area contributed by atoms with E-state index in [2.05, 4.69) is 15.4 Å². The smallest absolute Gasteiger partial charge is 0.306 e. The van der Waals surface area contributed by atoms with E-state index in [-0.39, 0.29) is 11.8 Å². The van der Waals surface area contributed by atoms with Gasteiger partial charge in [0.2, 0.25) is 0 Å². The van der Waals surface area contributed by atoms with Crippen molar-refractivity contribution in [2.45, 2.75) is 25.7 Å². The molecule has 0 saturated carbocycles.